The van der Waals surface area contributed by atoms with Crippen molar-refractivity contribution < 1.29 is 14.3 Å². The summed E-state index contributed by atoms with van der Waals surface area (Å²) in [5.74, 6) is -1.47. The molecule has 0 bridgehead atoms. The number of nitrogens with one attached hydrogen (secondary N) is 2. The van der Waals surface area contributed by atoms with Crippen LogP contribution in [0, 0.1) is 11.7 Å². The first kappa shape index (κ1) is 17.4. The van der Waals surface area contributed by atoms with Gasteiger partial charge in [0.1, 0.15) is 11.7 Å². The molecule has 0 saturated heterocycles. The van der Waals surface area contributed by atoms with E-state index in [1.54, 1.807) is 18.5 Å². The molecule has 0 spiro atoms. The molecule has 27 heavy (non-hydrogen) atoms. The van der Waals surface area contributed by atoms with E-state index in [4.69, 9.17) is 0 Å². The molecule has 3 aromatic heterocycles. The minimum Gasteiger partial charge on any atom is -0.480 e. The summed E-state index contributed by atoms with van der Waals surface area (Å²) in [5.41, 5.74) is 1.37. The Morgan fingerprint density at radius 3 is 2.89 bits per heavy atom. The van der Waals surface area contributed by atoms with Gasteiger partial charge in [-0.3, -0.25) is 0 Å². The van der Waals surface area contributed by atoms with Crippen molar-refractivity contribution in [3.05, 3.63) is 36.5 Å². The quantitative estimate of drug-likeness (QED) is 0.635. The van der Waals surface area contributed by atoms with E-state index >= 15 is 0 Å². The van der Waals surface area contributed by atoms with Crippen LogP contribution in [0.15, 0.2) is 30.7 Å². The van der Waals surface area contributed by atoms with Crippen molar-refractivity contribution >= 4 is 22.8 Å². The molecular weight excluding hydrogens is 349 g/mol. The van der Waals surface area contributed by atoms with Crippen molar-refractivity contribution in [3.63, 3.8) is 0 Å². The summed E-state index contributed by atoms with van der Waals surface area (Å²) in [6.45, 7) is 0. The van der Waals surface area contributed by atoms with E-state index in [0.717, 1.165) is 43.7 Å². The zero-order chi connectivity index (χ0) is 18.8. The molecule has 1 unspecified atom stereocenters. The van der Waals surface area contributed by atoms with Gasteiger partial charge in [-0.1, -0.05) is 19.3 Å². The Hall–Kier alpha value is -3.03. The molecule has 4 rings (SSSR count). The molecule has 0 aromatic carbocycles. The van der Waals surface area contributed by atoms with E-state index < -0.39 is 17.8 Å². The SMILES string of the molecule is O=C(O)C(Nc1nc(-c2c[nH]c3ncccc23)ncc1F)C1CCCCC1. The Morgan fingerprint density at radius 2 is 2.11 bits per heavy atom. The molecule has 1 aliphatic carbocycles. The van der Waals surface area contributed by atoms with Crippen LogP contribution in [0.1, 0.15) is 32.1 Å². The number of hydrogen-bond donors (Lipinski definition) is 3. The van der Waals surface area contributed by atoms with Gasteiger partial charge in [0.2, 0.25) is 0 Å². The molecule has 3 heterocycles. The number of aromatic nitrogens is 4. The Bertz CT molecular complexity index is 968. The number of halogens is 1. The van der Waals surface area contributed by atoms with Crippen molar-refractivity contribution in [2.75, 3.05) is 5.32 Å². The average Bonchev–Trinajstić information content (AvgIpc) is 3.12. The summed E-state index contributed by atoms with van der Waals surface area (Å²) in [4.78, 5) is 27.4. The summed E-state index contributed by atoms with van der Waals surface area (Å²) in [5, 5.41) is 13.3. The third-order valence-electron chi connectivity index (χ3n) is 5.12. The normalized spacial score (nSPS) is 16.3. The minimum atomic E-state index is -0.988. The van der Waals surface area contributed by atoms with Crippen molar-refractivity contribution in [1.82, 2.24) is 19.9 Å². The lowest BCUT2D eigenvalue weighted by Crippen LogP contribution is -2.38. The zero-order valence-electron chi connectivity index (χ0n) is 14.7. The summed E-state index contributed by atoms with van der Waals surface area (Å²) in [6, 6.07) is 2.80. The van der Waals surface area contributed by atoms with Gasteiger partial charge in [-0.05, 0) is 30.9 Å². The van der Waals surface area contributed by atoms with Crippen molar-refractivity contribution in [1.29, 1.82) is 0 Å². The number of aliphatic carboxylic acids is 1. The third-order valence-corrected chi connectivity index (χ3v) is 5.12. The fraction of sp³-hybridized carbons (Fsp3) is 0.368. The summed E-state index contributed by atoms with van der Waals surface area (Å²) in [6.07, 6.45) is 9.19. The number of anilines is 1. The van der Waals surface area contributed by atoms with Crippen LogP contribution in [0.2, 0.25) is 0 Å². The fourth-order valence-electron chi connectivity index (χ4n) is 3.74. The first-order chi connectivity index (χ1) is 13.1. The Morgan fingerprint density at radius 1 is 1.30 bits per heavy atom. The largest absolute Gasteiger partial charge is 0.480 e. The smallest absolute Gasteiger partial charge is 0.326 e. The highest BCUT2D eigenvalue weighted by molar-refractivity contribution is 5.91. The number of pyridine rings is 1. The fourth-order valence-corrected chi connectivity index (χ4v) is 3.74. The van der Waals surface area contributed by atoms with E-state index in [-0.39, 0.29) is 11.7 Å². The number of H-pyrrole nitrogens is 1. The number of rotatable bonds is 5. The van der Waals surface area contributed by atoms with E-state index in [1.165, 1.54) is 0 Å². The zero-order valence-corrected chi connectivity index (χ0v) is 14.7. The minimum absolute atomic E-state index is 0.0358. The molecule has 0 aliphatic heterocycles. The molecule has 1 fully saturated rings. The Balaban J connectivity index is 1.66. The van der Waals surface area contributed by atoms with Gasteiger partial charge in [-0.15, -0.1) is 0 Å². The van der Waals surface area contributed by atoms with Gasteiger partial charge in [0, 0.05) is 23.3 Å². The summed E-state index contributed by atoms with van der Waals surface area (Å²) >= 11 is 0. The second-order valence-electron chi connectivity index (χ2n) is 6.85. The Labute approximate surface area is 155 Å². The molecule has 3 aromatic rings. The average molecular weight is 369 g/mol. The predicted octanol–water partition coefficient (Wildman–Crippen LogP) is 3.60. The standard InChI is InChI=1S/C19H20FN5O2/c20-14-10-23-17(13-9-22-16-12(13)7-4-8-21-16)25-18(14)24-15(19(26)27)11-5-2-1-3-6-11/h4,7-11,15H,1-3,5-6H2,(H,21,22)(H,26,27)(H,23,24,25). The predicted molar refractivity (Wildman–Crippen MR) is 98.7 cm³/mol. The highest BCUT2D eigenvalue weighted by Gasteiger charge is 2.30. The lowest BCUT2D eigenvalue weighted by atomic mass is 9.84. The molecule has 3 N–H and O–H groups in total. The number of carbonyl (C=O) groups is 1. The summed E-state index contributed by atoms with van der Waals surface area (Å²) in [7, 11) is 0. The molecule has 1 saturated carbocycles. The topological polar surface area (TPSA) is 104 Å². The van der Waals surface area contributed by atoms with Gasteiger partial charge in [0.15, 0.2) is 17.5 Å². The lowest BCUT2D eigenvalue weighted by molar-refractivity contribution is -0.139. The number of carboxylic acids is 1. The molecule has 1 aliphatic rings. The van der Waals surface area contributed by atoms with Gasteiger partial charge in [-0.2, -0.15) is 0 Å². The second kappa shape index (κ2) is 7.30. The van der Waals surface area contributed by atoms with Gasteiger partial charge in [0.05, 0.1) is 6.20 Å². The van der Waals surface area contributed by atoms with E-state index in [1.807, 2.05) is 6.07 Å². The maximum Gasteiger partial charge on any atom is 0.326 e. The van der Waals surface area contributed by atoms with Crippen molar-refractivity contribution in [3.8, 4) is 11.4 Å². The van der Waals surface area contributed by atoms with Crippen LogP contribution >= 0.6 is 0 Å². The molecule has 140 valence electrons. The van der Waals surface area contributed by atoms with E-state index in [9.17, 15) is 14.3 Å². The first-order valence-electron chi connectivity index (χ1n) is 9.08. The van der Waals surface area contributed by atoms with E-state index in [0.29, 0.717) is 17.0 Å². The van der Waals surface area contributed by atoms with Crippen LogP contribution in [0.3, 0.4) is 0 Å². The molecule has 7 nitrogen and oxygen atoms in total. The monoisotopic (exact) mass is 369 g/mol. The van der Waals surface area contributed by atoms with Gasteiger partial charge in [0.25, 0.3) is 0 Å². The summed E-state index contributed by atoms with van der Waals surface area (Å²) < 4.78 is 14.3. The number of fused-ring (bicyclic) bond motifs is 1. The number of aromatic amines is 1. The van der Waals surface area contributed by atoms with Crippen LogP contribution in [0.25, 0.3) is 22.4 Å². The molecule has 1 atom stereocenters. The van der Waals surface area contributed by atoms with Crippen LogP contribution < -0.4 is 5.32 Å². The highest BCUT2D eigenvalue weighted by atomic mass is 19.1. The van der Waals surface area contributed by atoms with Gasteiger partial charge >= 0.3 is 5.97 Å². The number of hydrogen-bond acceptors (Lipinski definition) is 5. The van der Waals surface area contributed by atoms with Crippen LogP contribution in [-0.2, 0) is 4.79 Å². The van der Waals surface area contributed by atoms with Gasteiger partial charge in [-0.25, -0.2) is 24.1 Å². The second-order valence-corrected chi connectivity index (χ2v) is 6.85. The Kier molecular flexibility index (Phi) is 4.70. The van der Waals surface area contributed by atoms with Crippen molar-refractivity contribution in [2.45, 2.75) is 38.1 Å². The maximum absolute atomic E-state index is 14.3. The highest BCUT2D eigenvalue weighted by Crippen LogP contribution is 2.30. The van der Waals surface area contributed by atoms with E-state index in [2.05, 4.69) is 25.3 Å². The van der Waals surface area contributed by atoms with Gasteiger partial charge < -0.3 is 15.4 Å². The van der Waals surface area contributed by atoms with Crippen LogP contribution in [0.5, 0.6) is 0 Å². The number of nitrogens with zero attached hydrogens (tertiary/aromatic N) is 3. The molecule has 8 heteroatoms. The third kappa shape index (κ3) is 3.47. The molecule has 0 radical (unpaired) electrons. The maximum atomic E-state index is 14.3. The lowest BCUT2D eigenvalue weighted by Gasteiger charge is -2.28. The first-order valence-corrected chi connectivity index (χ1v) is 9.08. The number of carboxylic acid groups (broad SMARTS) is 1. The molecular formula is C19H20FN5O2. The van der Waals surface area contributed by atoms with Crippen LogP contribution in [0.4, 0.5) is 10.2 Å². The van der Waals surface area contributed by atoms with Crippen molar-refractivity contribution in [2.24, 2.45) is 5.92 Å². The van der Waals surface area contributed by atoms with Crippen LogP contribution in [-0.4, -0.2) is 37.1 Å². The molecule has 0 amide bonds.